The maximum absolute atomic E-state index is 13.7. The van der Waals surface area contributed by atoms with Crippen LogP contribution < -0.4 is 9.62 Å². The van der Waals surface area contributed by atoms with Crippen LogP contribution in [0.1, 0.15) is 18.1 Å². The number of amides is 1. The molecule has 1 N–H and O–H groups in total. The Hall–Kier alpha value is -3.40. The fourth-order valence-corrected chi connectivity index (χ4v) is 6.49. The summed E-state index contributed by atoms with van der Waals surface area (Å²) in [6.07, 6.45) is 2.12. The van der Waals surface area contributed by atoms with Crippen LogP contribution in [-0.2, 0) is 27.8 Å². The molecule has 188 valence electrons. The second-order valence-corrected chi connectivity index (χ2v) is 11.6. The molecule has 1 aliphatic heterocycles. The SMILES string of the molecule is CCc1ccccc1NC(=O)CSc1ncc2c(n1)-c1ccc(Cl)cc1N(Cc1ccccc1)S2(=O)=O. The molecule has 0 atom stereocenters. The molecule has 0 bridgehead atoms. The summed E-state index contributed by atoms with van der Waals surface area (Å²) in [5, 5.41) is 3.66. The number of halogens is 1. The molecule has 10 heteroatoms. The van der Waals surface area contributed by atoms with E-state index in [2.05, 4.69) is 15.3 Å². The molecule has 0 spiro atoms. The average molecular weight is 551 g/mol. The van der Waals surface area contributed by atoms with Crippen molar-refractivity contribution >= 4 is 50.7 Å². The topological polar surface area (TPSA) is 92.3 Å². The van der Waals surface area contributed by atoms with E-state index in [9.17, 15) is 13.2 Å². The van der Waals surface area contributed by atoms with Crippen LogP contribution in [0.15, 0.2) is 89.0 Å². The van der Waals surface area contributed by atoms with Crippen molar-refractivity contribution in [1.29, 1.82) is 0 Å². The number of hydrogen-bond acceptors (Lipinski definition) is 6. The number of sulfonamides is 1. The van der Waals surface area contributed by atoms with E-state index in [4.69, 9.17) is 11.6 Å². The summed E-state index contributed by atoms with van der Waals surface area (Å²) < 4.78 is 28.6. The fourth-order valence-electron chi connectivity index (χ4n) is 4.15. The Morgan fingerprint density at radius 2 is 1.81 bits per heavy atom. The molecule has 0 saturated heterocycles. The lowest BCUT2D eigenvalue weighted by Crippen LogP contribution is -2.34. The van der Waals surface area contributed by atoms with Gasteiger partial charge in [-0.05, 0) is 41.8 Å². The lowest BCUT2D eigenvalue weighted by atomic mass is 10.1. The quantitative estimate of drug-likeness (QED) is 0.231. The molecule has 0 fully saturated rings. The molecule has 0 saturated carbocycles. The summed E-state index contributed by atoms with van der Waals surface area (Å²) in [4.78, 5) is 21.4. The highest BCUT2D eigenvalue weighted by molar-refractivity contribution is 7.99. The minimum atomic E-state index is -3.95. The first kappa shape index (κ1) is 25.3. The van der Waals surface area contributed by atoms with Gasteiger partial charge in [0, 0.05) is 16.3 Å². The first-order valence-corrected chi connectivity index (χ1v) is 14.4. The monoisotopic (exact) mass is 550 g/mol. The lowest BCUT2D eigenvalue weighted by Gasteiger charge is -2.31. The van der Waals surface area contributed by atoms with Crippen LogP contribution in [0.3, 0.4) is 0 Å². The Morgan fingerprint density at radius 1 is 1.05 bits per heavy atom. The van der Waals surface area contributed by atoms with Crippen molar-refractivity contribution in [1.82, 2.24) is 9.97 Å². The number of benzene rings is 3. The number of anilines is 2. The summed E-state index contributed by atoms with van der Waals surface area (Å²) in [5.74, 6) is -0.113. The molecule has 0 unspecified atom stereocenters. The molecule has 7 nitrogen and oxygen atoms in total. The second-order valence-electron chi connectivity index (χ2n) is 8.37. The Morgan fingerprint density at radius 3 is 2.59 bits per heavy atom. The second kappa shape index (κ2) is 10.5. The van der Waals surface area contributed by atoms with Crippen LogP contribution >= 0.6 is 23.4 Å². The van der Waals surface area contributed by atoms with Crippen molar-refractivity contribution in [3.05, 3.63) is 95.1 Å². The average Bonchev–Trinajstić information content (AvgIpc) is 2.90. The zero-order valence-corrected chi connectivity index (χ0v) is 22.3. The minimum Gasteiger partial charge on any atom is -0.325 e. The summed E-state index contributed by atoms with van der Waals surface area (Å²) in [6, 6.07) is 22.1. The predicted molar refractivity (Wildman–Crippen MR) is 147 cm³/mol. The van der Waals surface area contributed by atoms with Crippen LogP contribution in [0.25, 0.3) is 11.3 Å². The molecule has 1 aromatic heterocycles. The lowest BCUT2D eigenvalue weighted by molar-refractivity contribution is -0.113. The standard InChI is InChI=1S/C27H23ClN4O3S2/c1-2-19-10-6-7-11-22(19)30-25(33)17-36-27-29-15-24-26(31-27)21-13-12-20(28)14-23(21)32(37(24,34)35)16-18-8-4-3-5-9-18/h3-15H,2,16-17H2,1H3,(H,30,33). The van der Waals surface area contributed by atoms with Gasteiger partial charge < -0.3 is 5.32 Å². The predicted octanol–water partition coefficient (Wildman–Crippen LogP) is 5.80. The van der Waals surface area contributed by atoms with Gasteiger partial charge in [0.2, 0.25) is 5.91 Å². The van der Waals surface area contributed by atoms with E-state index in [1.807, 2.05) is 61.5 Å². The van der Waals surface area contributed by atoms with Gasteiger partial charge in [0.25, 0.3) is 10.0 Å². The van der Waals surface area contributed by atoms with Gasteiger partial charge in [0.05, 0.1) is 29.9 Å². The number of aromatic nitrogens is 2. The van der Waals surface area contributed by atoms with E-state index < -0.39 is 10.0 Å². The molecule has 4 aromatic rings. The first-order valence-electron chi connectivity index (χ1n) is 11.6. The van der Waals surface area contributed by atoms with Crippen LogP contribution in [0.4, 0.5) is 11.4 Å². The molecule has 1 amide bonds. The van der Waals surface area contributed by atoms with E-state index in [0.717, 1.165) is 35.0 Å². The van der Waals surface area contributed by atoms with Crippen molar-refractivity contribution in [2.24, 2.45) is 0 Å². The number of nitrogens with one attached hydrogen (secondary N) is 1. The minimum absolute atomic E-state index is 0.0175. The van der Waals surface area contributed by atoms with Gasteiger partial charge in [-0.3, -0.25) is 9.10 Å². The molecule has 0 aliphatic carbocycles. The van der Waals surface area contributed by atoms with Gasteiger partial charge in [0.1, 0.15) is 4.90 Å². The zero-order chi connectivity index (χ0) is 26.0. The summed E-state index contributed by atoms with van der Waals surface area (Å²) in [6.45, 7) is 2.17. The summed E-state index contributed by atoms with van der Waals surface area (Å²) >= 11 is 7.41. The molecule has 3 aromatic carbocycles. The first-order chi connectivity index (χ1) is 17.9. The van der Waals surface area contributed by atoms with E-state index in [0.29, 0.717) is 27.1 Å². The molecule has 2 heterocycles. The van der Waals surface area contributed by atoms with E-state index >= 15 is 0 Å². The highest BCUT2D eigenvalue weighted by atomic mass is 35.5. The Labute approximate surface area is 225 Å². The van der Waals surface area contributed by atoms with Crippen LogP contribution in [0.5, 0.6) is 0 Å². The van der Waals surface area contributed by atoms with Gasteiger partial charge in [0.15, 0.2) is 5.16 Å². The van der Waals surface area contributed by atoms with Crippen molar-refractivity contribution < 1.29 is 13.2 Å². The number of aryl methyl sites for hydroxylation is 1. The third-order valence-electron chi connectivity index (χ3n) is 5.96. The zero-order valence-electron chi connectivity index (χ0n) is 19.9. The molecule has 37 heavy (non-hydrogen) atoms. The Kier molecular flexibility index (Phi) is 7.19. The molecule has 1 aliphatic rings. The van der Waals surface area contributed by atoms with Crippen LogP contribution in [0.2, 0.25) is 5.02 Å². The molecular weight excluding hydrogens is 528 g/mol. The Bertz CT molecular complexity index is 1580. The molecule has 5 rings (SSSR count). The van der Waals surface area contributed by atoms with Gasteiger partial charge >= 0.3 is 0 Å². The number of rotatable bonds is 7. The van der Waals surface area contributed by atoms with Crippen molar-refractivity contribution in [2.75, 3.05) is 15.4 Å². The number of para-hydroxylation sites is 1. The number of hydrogen-bond donors (Lipinski definition) is 1. The normalized spacial score (nSPS) is 13.5. The maximum atomic E-state index is 13.7. The molecule has 0 radical (unpaired) electrons. The summed E-state index contributed by atoms with van der Waals surface area (Å²) in [5.41, 5.74) is 4.04. The van der Waals surface area contributed by atoms with E-state index in [1.54, 1.807) is 18.2 Å². The third kappa shape index (κ3) is 5.20. The number of nitrogens with zero attached hydrogens (tertiary/aromatic N) is 3. The highest BCUT2D eigenvalue weighted by Crippen LogP contribution is 2.44. The van der Waals surface area contributed by atoms with Crippen molar-refractivity contribution in [2.45, 2.75) is 29.9 Å². The number of carbonyl (C=O) groups is 1. The Balaban J connectivity index is 1.43. The maximum Gasteiger partial charge on any atom is 0.268 e. The smallest absolute Gasteiger partial charge is 0.268 e. The van der Waals surface area contributed by atoms with Gasteiger partial charge in [-0.2, -0.15) is 0 Å². The van der Waals surface area contributed by atoms with Crippen LogP contribution in [0, 0.1) is 0 Å². The third-order valence-corrected chi connectivity index (χ3v) is 8.82. The van der Waals surface area contributed by atoms with E-state index in [1.165, 1.54) is 10.5 Å². The number of thioether (sulfide) groups is 1. The number of fused-ring (bicyclic) bond motifs is 3. The largest absolute Gasteiger partial charge is 0.325 e. The van der Waals surface area contributed by atoms with Gasteiger partial charge in [-0.15, -0.1) is 0 Å². The van der Waals surface area contributed by atoms with Gasteiger partial charge in [-0.1, -0.05) is 78.8 Å². The van der Waals surface area contributed by atoms with Crippen molar-refractivity contribution in [3.8, 4) is 11.3 Å². The fraction of sp³-hybridized carbons (Fsp3) is 0.148. The van der Waals surface area contributed by atoms with Gasteiger partial charge in [-0.25, -0.2) is 18.4 Å². The highest BCUT2D eigenvalue weighted by Gasteiger charge is 2.37. The summed E-state index contributed by atoms with van der Waals surface area (Å²) in [7, 11) is -3.95. The van der Waals surface area contributed by atoms with E-state index in [-0.39, 0.29) is 23.1 Å². The van der Waals surface area contributed by atoms with Crippen molar-refractivity contribution in [3.63, 3.8) is 0 Å². The number of carbonyl (C=O) groups excluding carboxylic acids is 1. The van der Waals surface area contributed by atoms with Crippen LogP contribution in [-0.4, -0.2) is 30.0 Å². The molecular formula is C27H23ClN4O3S2.